The number of fused-ring (bicyclic) bond motifs is 1. The van der Waals surface area contributed by atoms with E-state index in [2.05, 4.69) is 31.4 Å². The number of carbonyl (C=O) groups is 1. The van der Waals surface area contributed by atoms with Gasteiger partial charge < -0.3 is 4.98 Å². The number of amides is 1. The van der Waals surface area contributed by atoms with Gasteiger partial charge in [-0.3, -0.25) is 4.79 Å². The number of rotatable bonds is 4. The van der Waals surface area contributed by atoms with Gasteiger partial charge in [0.25, 0.3) is 0 Å². The summed E-state index contributed by atoms with van der Waals surface area (Å²) in [5, 5.41) is 7.03. The van der Waals surface area contributed by atoms with Crippen LogP contribution in [0.4, 0.5) is 0 Å². The molecule has 0 atom stereocenters. The van der Waals surface area contributed by atoms with Crippen molar-refractivity contribution in [2.24, 2.45) is 5.10 Å². The highest BCUT2D eigenvalue weighted by Gasteiger charge is 2.04. The minimum absolute atomic E-state index is 0.116. The summed E-state index contributed by atoms with van der Waals surface area (Å²) in [5.74, 6) is -0.116. The van der Waals surface area contributed by atoms with E-state index in [1.54, 1.807) is 17.6 Å². The van der Waals surface area contributed by atoms with E-state index in [9.17, 15) is 4.79 Å². The van der Waals surface area contributed by atoms with Crippen LogP contribution in [-0.2, 0) is 11.2 Å². The predicted molar refractivity (Wildman–Crippen MR) is 89.8 cm³/mol. The quantitative estimate of drug-likeness (QED) is 0.540. The van der Waals surface area contributed by atoms with Gasteiger partial charge in [-0.25, -0.2) is 5.43 Å². The summed E-state index contributed by atoms with van der Waals surface area (Å²) in [4.78, 5) is 15.9. The van der Waals surface area contributed by atoms with Crippen molar-refractivity contribution in [1.29, 1.82) is 0 Å². The van der Waals surface area contributed by atoms with Crippen molar-refractivity contribution in [2.45, 2.75) is 6.42 Å². The lowest BCUT2D eigenvalue weighted by atomic mass is 10.2. The van der Waals surface area contributed by atoms with Crippen LogP contribution in [0.1, 0.15) is 10.4 Å². The molecule has 2 N–H and O–H groups in total. The van der Waals surface area contributed by atoms with Crippen LogP contribution >= 0.6 is 27.3 Å². The average Bonchev–Trinajstić information content (AvgIpc) is 3.09. The Bertz CT molecular complexity index is 792. The third-order valence-electron chi connectivity index (χ3n) is 2.98. The number of carbonyl (C=O) groups excluding carboxylic acids is 1. The predicted octanol–water partition coefficient (Wildman–Crippen LogP) is 3.68. The zero-order valence-electron chi connectivity index (χ0n) is 11.0. The van der Waals surface area contributed by atoms with Crippen molar-refractivity contribution < 1.29 is 4.79 Å². The molecule has 2 aromatic heterocycles. The first-order valence-electron chi connectivity index (χ1n) is 6.33. The summed E-state index contributed by atoms with van der Waals surface area (Å²) in [5.41, 5.74) is 4.52. The summed E-state index contributed by atoms with van der Waals surface area (Å²) < 4.78 is 1.01. The zero-order chi connectivity index (χ0) is 14.7. The SMILES string of the molecule is O=C(Cc1cccs1)N/N=C\c1c[nH]c2ccc(Br)cc12. The van der Waals surface area contributed by atoms with Crippen LogP contribution < -0.4 is 5.43 Å². The molecule has 0 bridgehead atoms. The van der Waals surface area contributed by atoms with Crippen LogP contribution in [0.2, 0.25) is 0 Å². The van der Waals surface area contributed by atoms with Gasteiger partial charge in [0, 0.05) is 32.0 Å². The number of nitrogens with zero attached hydrogens (tertiary/aromatic N) is 1. The van der Waals surface area contributed by atoms with Crippen LogP contribution in [0.15, 0.2) is 51.5 Å². The summed E-state index contributed by atoms with van der Waals surface area (Å²) in [6.07, 6.45) is 3.87. The minimum atomic E-state index is -0.116. The van der Waals surface area contributed by atoms with E-state index in [-0.39, 0.29) is 5.91 Å². The maximum Gasteiger partial charge on any atom is 0.245 e. The topological polar surface area (TPSA) is 57.2 Å². The normalized spacial score (nSPS) is 11.3. The third kappa shape index (κ3) is 3.40. The van der Waals surface area contributed by atoms with Crippen LogP contribution in [0.3, 0.4) is 0 Å². The molecule has 0 saturated heterocycles. The van der Waals surface area contributed by atoms with E-state index < -0.39 is 0 Å². The van der Waals surface area contributed by atoms with Gasteiger partial charge in [0.05, 0.1) is 12.6 Å². The lowest BCUT2D eigenvalue weighted by Crippen LogP contribution is -2.19. The molecular formula is C15H12BrN3OS. The van der Waals surface area contributed by atoms with Crippen molar-refractivity contribution >= 4 is 50.3 Å². The number of aromatic nitrogens is 1. The van der Waals surface area contributed by atoms with Gasteiger partial charge in [-0.1, -0.05) is 22.0 Å². The van der Waals surface area contributed by atoms with Gasteiger partial charge in [-0.15, -0.1) is 11.3 Å². The first-order chi connectivity index (χ1) is 10.2. The summed E-state index contributed by atoms with van der Waals surface area (Å²) in [6, 6.07) is 9.85. The highest BCUT2D eigenvalue weighted by atomic mass is 79.9. The number of thiophene rings is 1. The van der Waals surface area contributed by atoms with Gasteiger partial charge in [0.1, 0.15) is 0 Å². The first-order valence-corrected chi connectivity index (χ1v) is 8.00. The number of hydrazone groups is 1. The van der Waals surface area contributed by atoms with Gasteiger partial charge in [0.2, 0.25) is 5.91 Å². The maximum atomic E-state index is 11.7. The zero-order valence-corrected chi connectivity index (χ0v) is 13.4. The van der Waals surface area contributed by atoms with E-state index >= 15 is 0 Å². The Morgan fingerprint density at radius 2 is 2.33 bits per heavy atom. The standard InChI is InChI=1S/C15H12BrN3OS/c16-11-3-4-14-13(6-11)10(8-17-14)9-18-19-15(20)7-12-2-1-5-21-12/h1-6,8-9,17H,7H2,(H,19,20)/b18-9-. The first kappa shape index (κ1) is 14.0. The molecule has 3 rings (SSSR count). The Morgan fingerprint density at radius 3 is 3.14 bits per heavy atom. The van der Waals surface area contributed by atoms with Crippen LogP contribution in [0, 0.1) is 0 Å². The molecule has 0 saturated carbocycles. The smallest absolute Gasteiger partial charge is 0.245 e. The molecule has 4 nitrogen and oxygen atoms in total. The van der Waals surface area contributed by atoms with Crippen LogP contribution in [0.5, 0.6) is 0 Å². The number of benzene rings is 1. The van der Waals surface area contributed by atoms with Gasteiger partial charge in [-0.2, -0.15) is 5.10 Å². The van der Waals surface area contributed by atoms with E-state index in [1.165, 1.54) is 0 Å². The minimum Gasteiger partial charge on any atom is -0.361 e. The van der Waals surface area contributed by atoms with Crippen molar-refractivity contribution in [3.05, 3.63) is 56.8 Å². The highest BCUT2D eigenvalue weighted by molar-refractivity contribution is 9.10. The molecule has 0 fully saturated rings. The Morgan fingerprint density at radius 1 is 1.43 bits per heavy atom. The van der Waals surface area contributed by atoms with Crippen LogP contribution in [-0.4, -0.2) is 17.1 Å². The fraction of sp³-hybridized carbons (Fsp3) is 0.0667. The molecule has 6 heteroatoms. The van der Waals surface area contributed by atoms with Crippen molar-refractivity contribution in [1.82, 2.24) is 10.4 Å². The third-order valence-corrected chi connectivity index (χ3v) is 4.35. The second-order valence-corrected chi connectivity index (χ2v) is 6.43. The van der Waals surface area contributed by atoms with E-state index in [4.69, 9.17) is 0 Å². The number of nitrogens with one attached hydrogen (secondary N) is 2. The molecular weight excluding hydrogens is 350 g/mol. The Kier molecular flexibility index (Phi) is 4.17. The van der Waals surface area contributed by atoms with Crippen molar-refractivity contribution in [3.8, 4) is 0 Å². The molecule has 0 aliphatic carbocycles. The average molecular weight is 362 g/mol. The van der Waals surface area contributed by atoms with Gasteiger partial charge >= 0.3 is 0 Å². The number of halogens is 1. The molecule has 0 aliphatic heterocycles. The number of H-pyrrole nitrogens is 1. The van der Waals surface area contributed by atoms with Gasteiger partial charge in [-0.05, 0) is 29.6 Å². The second-order valence-electron chi connectivity index (χ2n) is 4.48. The molecule has 106 valence electrons. The Balaban J connectivity index is 1.67. The van der Waals surface area contributed by atoms with Gasteiger partial charge in [0.15, 0.2) is 0 Å². The van der Waals surface area contributed by atoms with Crippen molar-refractivity contribution in [3.63, 3.8) is 0 Å². The van der Waals surface area contributed by atoms with E-state index in [1.807, 2.05) is 41.9 Å². The maximum absolute atomic E-state index is 11.7. The van der Waals surface area contributed by atoms with E-state index in [0.29, 0.717) is 6.42 Å². The molecule has 1 amide bonds. The van der Waals surface area contributed by atoms with Crippen LogP contribution in [0.25, 0.3) is 10.9 Å². The second kappa shape index (κ2) is 6.24. The molecule has 2 heterocycles. The number of aromatic amines is 1. The molecule has 0 spiro atoms. The van der Waals surface area contributed by atoms with Crippen molar-refractivity contribution in [2.75, 3.05) is 0 Å². The number of hydrogen-bond donors (Lipinski definition) is 2. The molecule has 21 heavy (non-hydrogen) atoms. The van der Waals surface area contributed by atoms with E-state index in [0.717, 1.165) is 25.8 Å². The molecule has 0 aliphatic rings. The fourth-order valence-electron chi connectivity index (χ4n) is 2.01. The fourth-order valence-corrected chi connectivity index (χ4v) is 3.07. The highest BCUT2D eigenvalue weighted by Crippen LogP contribution is 2.21. The molecule has 3 aromatic rings. The molecule has 1 aromatic carbocycles. The summed E-state index contributed by atoms with van der Waals surface area (Å²) >= 11 is 5.01. The monoisotopic (exact) mass is 361 g/mol. The lowest BCUT2D eigenvalue weighted by molar-refractivity contribution is -0.120. The lowest BCUT2D eigenvalue weighted by Gasteiger charge is -1.97. The summed E-state index contributed by atoms with van der Waals surface area (Å²) in [6.45, 7) is 0. The summed E-state index contributed by atoms with van der Waals surface area (Å²) in [7, 11) is 0. The molecule has 0 radical (unpaired) electrons. The Labute approximate surface area is 134 Å². The largest absolute Gasteiger partial charge is 0.361 e. The molecule has 0 unspecified atom stereocenters. The Hall–Kier alpha value is -1.92. The number of hydrogen-bond acceptors (Lipinski definition) is 3.